The maximum atomic E-state index is 12.2. The lowest BCUT2D eigenvalue weighted by atomic mass is 10.0. The van der Waals surface area contributed by atoms with Crippen LogP contribution in [0, 0.1) is 5.92 Å². The van der Waals surface area contributed by atoms with Crippen molar-refractivity contribution in [2.45, 2.75) is 19.4 Å². The third kappa shape index (κ3) is 4.26. The smallest absolute Gasteiger partial charge is 0.223 e. The number of carbonyl (C=O) groups is 1. The quantitative estimate of drug-likeness (QED) is 0.846. The van der Waals surface area contributed by atoms with Crippen molar-refractivity contribution in [3.63, 3.8) is 0 Å². The van der Waals surface area contributed by atoms with E-state index in [1.165, 1.54) is 0 Å². The van der Waals surface area contributed by atoms with Gasteiger partial charge in [-0.1, -0.05) is 0 Å². The van der Waals surface area contributed by atoms with E-state index in [1.807, 2.05) is 18.8 Å². The van der Waals surface area contributed by atoms with Crippen LogP contribution in [0.5, 0.6) is 11.5 Å². The molecule has 1 heterocycles. The van der Waals surface area contributed by atoms with Gasteiger partial charge in [-0.15, -0.1) is 0 Å². The molecule has 6 heteroatoms. The Morgan fingerprint density at radius 1 is 1.27 bits per heavy atom. The molecule has 1 aromatic carbocycles. The van der Waals surface area contributed by atoms with Crippen LogP contribution in [0.4, 0.5) is 0 Å². The molecule has 5 nitrogen and oxygen atoms in total. The Kier molecular flexibility index (Phi) is 5.52. The highest BCUT2D eigenvalue weighted by Crippen LogP contribution is 2.47. The summed E-state index contributed by atoms with van der Waals surface area (Å²) in [6, 6.07) is 5.53. The molecule has 1 aromatic rings. The third-order valence-corrected chi connectivity index (χ3v) is 6.63. The second kappa shape index (κ2) is 7.19. The first kappa shape index (κ1) is 16.9. The summed E-state index contributed by atoms with van der Waals surface area (Å²) >= 11 is 0. The summed E-state index contributed by atoms with van der Waals surface area (Å²) in [5, 5.41) is 2.96. The molecule has 1 aliphatic heterocycles. The number of nitrogens with one attached hydrogen (secondary N) is 1. The van der Waals surface area contributed by atoms with E-state index in [-0.39, 0.29) is 11.8 Å². The summed E-state index contributed by atoms with van der Waals surface area (Å²) in [6.45, 7) is 2.26. The zero-order valence-electron chi connectivity index (χ0n) is 13.4. The zero-order valence-corrected chi connectivity index (χ0v) is 14.3. The summed E-state index contributed by atoms with van der Waals surface area (Å²) in [5.41, 5.74) is 0.911. The van der Waals surface area contributed by atoms with Crippen LogP contribution < -0.4 is 14.8 Å². The predicted molar refractivity (Wildman–Crippen MR) is 87.4 cm³/mol. The van der Waals surface area contributed by atoms with Crippen molar-refractivity contribution in [1.82, 2.24) is 5.32 Å². The fourth-order valence-electron chi connectivity index (χ4n) is 2.70. The van der Waals surface area contributed by atoms with Crippen molar-refractivity contribution in [1.29, 1.82) is 0 Å². The van der Waals surface area contributed by atoms with Gasteiger partial charge in [-0.3, -0.25) is 4.79 Å². The maximum Gasteiger partial charge on any atom is 0.223 e. The van der Waals surface area contributed by atoms with Crippen LogP contribution in [0.1, 0.15) is 18.4 Å². The minimum absolute atomic E-state index is 0.0220. The van der Waals surface area contributed by atoms with Crippen LogP contribution in [-0.2, 0) is 15.9 Å². The lowest BCUT2D eigenvalue weighted by Crippen LogP contribution is -2.33. The molecule has 0 aliphatic carbocycles. The second-order valence-corrected chi connectivity index (χ2v) is 9.40. The van der Waals surface area contributed by atoms with Gasteiger partial charge in [0.25, 0.3) is 0 Å². The van der Waals surface area contributed by atoms with Gasteiger partial charge in [0.1, 0.15) is 11.5 Å². The highest BCUT2D eigenvalue weighted by molar-refractivity contribution is 7.63. The van der Waals surface area contributed by atoms with Gasteiger partial charge in [0.15, 0.2) is 0 Å². The topological polar surface area (TPSA) is 64.6 Å². The first-order valence-corrected chi connectivity index (χ1v) is 10.0. The van der Waals surface area contributed by atoms with Crippen molar-refractivity contribution in [3.05, 3.63) is 23.8 Å². The van der Waals surface area contributed by atoms with Gasteiger partial charge in [0, 0.05) is 36.4 Å². The van der Waals surface area contributed by atoms with Gasteiger partial charge in [0.05, 0.1) is 21.4 Å². The van der Waals surface area contributed by atoms with Crippen molar-refractivity contribution in [3.8, 4) is 11.5 Å². The van der Waals surface area contributed by atoms with Gasteiger partial charge in [-0.2, -0.15) is 0 Å². The van der Waals surface area contributed by atoms with E-state index in [0.29, 0.717) is 24.6 Å². The van der Waals surface area contributed by atoms with E-state index in [1.54, 1.807) is 20.3 Å². The summed E-state index contributed by atoms with van der Waals surface area (Å²) in [7, 11) is 1.22. The number of carbonyl (C=O) groups excluding carboxylic acids is 1. The fraction of sp³-hybridized carbons (Fsp3) is 0.562. The molecular formula is C16H24NO4P. The Morgan fingerprint density at radius 3 is 2.55 bits per heavy atom. The molecule has 0 saturated carbocycles. The molecular weight excluding hydrogens is 301 g/mol. The number of hydrogen-bond acceptors (Lipinski definition) is 4. The minimum Gasteiger partial charge on any atom is -0.497 e. The van der Waals surface area contributed by atoms with Crippen molar-refractivity contribution in [2.75, 3.05) is 33.2 Å². The molecule has 0 atom stereocenters. The number of amides is 1. The van der Waals surface area contributed by atoms with Crippen LogP contribution in [0.3, 0.4) is 0 Å². The van der Waals surface area contributed by atoms with E-state index in [4.69, 9.17) is 9.47 Å². The minimum atomic E-state index is -1.98. The number of methoxy groups -OCH3 is 2. The van der Waals surface area contributed by atoms with Crippen LogP contribution in [-0.4, -0.2) is 39.1 Å². The Bertz CT molecular complexity index is 576. The number of ether oxygens (including phenoxy) is 2. The molecule has 0 bridgehead atoms. The van der Waals surface area contributed by atoms with Gasteiger partial charge >= 0.3 is 0 Å². The summed E-state index contributed by atoms with van der Waals surface area (Å²) in [5.74, 6) is 1.43. The third-order valence-electron chi connectivity index (χ3n) is 4.22. The standard InChI is InChI=1S/C16H24NO4P/c1-20-14-5-4-13(15(10-14)21-2)11-17-16(18)12-6-8-22(3,19)9-7-12/h4-5,10,12H,6-9,11H2,1-3H3,(H,17,18). The Balaban J connectivity index is 1.93. The molecule has 1 N–H and O–H groups in total. The van der Waals surface area contributed by atoms with Gasteiger partial charge in [-0.25, -0.2) is 0 Å². The maximum absolute atomic E-state index is 12.2. The number of benzene rings is 1. The Labute approximate surface area is 131 Å². The zero-order chi connectivity index (χ0) is 16.2. The normalized spacial score (nSPS) is 24.6. The number of rotatable bonds is 5. The summed E-state index contributed by atoms with van der Waals surface area (Å²) < 4.78 is 22.4. The molecule has 1 fully saturated rings. The molecule has 1 saturated heterocycles. The predicted octanol–water partition coefficient (Wildman–Crippen LogP) is 2.72. The summed E-state index contributed by atoms with van der Waals surface area (Å²) in [4.78, 5) is 12.2. The highest BCUT2D eigenvalue weighted by Gasteiger charge is 2.29. The monoisotopic (exact) mass is 325 g/mol. The fourth-order valence-corrected chi connectivity index (χ4v) is 4.64. The highest BCUT2D eigenvalue weighted by atomic mass is 31.2. The van der Waals surface area contributed by atoms with Gasteiger partial charge < -0.3 is 19.4 Å². The second-order valence-electron chi connectivity index (χ2n) is 5.91. The van der Waals surface area contributed by atoms with Crippen LogP contribution in [0.2, 0.25) is 0 Å². The molecule has 22 heavy (non-hydrogen) atoms. The van der Waals surface area contributed by atoms with Crippen LogP contribution in [0.25, 0.3) is 0 Å². The molecule has 0 spiro atoms. The Morgan fingerprint density at radius 2 is 1.95 bits per heavy atom. The molecule has 0 aromatic heterocycles. The molecule has 0 unspecified atom stereocenters. The van der Waals surface area contributed by atoms with Crippen molar-refractivity contribution >= 4 is 13.0 Å². The van der Waals surface area contributed by atoms with E-state index in [0.717, 1.165) is 24.2 Å². The van der Waals surface area contributed by atoms with E-state index in [9.17, 15) is 9.36 Å². The first-order chi connectivity index (χ1) is 10.4. The lowest BCUT2D eigenvalue weighted by Gasteiger charge is -2.25. The largest absolute Gasteiger partial charge is 0.497 e. The first-order valence-electron chi connectivity index (χ1n) is 7.49. The van der Waals surface area contributed by atoms with Crippen molar-refractivity contribution in [2.24, 2.45) is 5.92 Å². The van der Waals surface area contributed by atoms with E-state index in [2.05, 4.69) is 5.32 Å². The lowest BCUT2D eigenvalue weighted by molar-refractivity contribution is -0.125. The SMILES string of the molecule is COc1ccc(CNC(=O)C2CCP(C)(=O)CC2)c(OC)c1. The molecule has 0 radical (unpaired) electrons. The Hall–Kier alpha value is -1.48. The van der Waals surface area contributed by atoms with E-state index >= 15 is 0 Å². The van der Waals surface area contributed by atoms with Crippen LogP contribution in [0.15, 0.2) is 18.2 Å². The average molecular weight is 325 g/mol. The van der Waals surface area contributed by atoms with Gasteiger partial charge in [0.2, 0.25) is 5.91 Å². The van der Waals surface area contributed by atoms with Crippen LogP contribution >= 0.6 is 7.14 Å². The van der Waals surface area contributed by atoms with Gasteiger partial charge in [-0.05, 0) is 31.6 Å². The summed E-state index contributed by atoms with van der Waals surface area (Å²) in [6.07, 6.45) is 2.80. The molecule has 122 valence electrons. The van der Waals surface area contributed by atoms with E-state index < -0.39 is 7.14 Å². The molecule has 2 rings (SSSR count). The average Bonchev–Trinajstić information content (AvgIpc) is 2.52. The number of hydrogen-bond donors (Lipinski definition) is 1. The van der Waals surface area contributed by atoms with Crippen molar-refractivity contribution < 1.29 is 18.8 Å². The molecule has 1 aliphatic rings. The molecule has 1 amide bonds.